The fourth-order valence-corrected chi connectivity index (χ4v) is 1.52. The van der Waals surface area contributed by atoms with Gasteiger partial charge in [-0.15, -0.1) is 0 Å². The van der Waals surface area contributed by atoms with Gasteiger partial charge in [-0.3, -0.25) is 9.48 Å². The zero-order chi connectivity index (χ0) is 12.0. The summed E-state index contributed by atoms with van der Waals surface area (Å²) in [5, 5.41) is 6.96. The van der Waals surface area contributed by atoms with Gasteiger partial charge < -0.3 is 11.1 Å². The molecule has 5 heteroatoms. The van der Waals surface area contributed by atoms with E-state index in [1.54, 1.807) is 6.20 Å². The average Bonchev–Trinajstić information content (AvgIpc) is 2.65. The lowest BCUT2D eigenvalue weighted by Crippen LogP contribution is -2.32. The van der Waals surface area contributed by atoms with Crippen LogP contribution in [0.2, 0.25) is 0 Å². The lowest BCUT2D eigenvalue weighted by atomic mass is 10.1. The first kappa shape index (κ1) is 12.7. The van der Waals surface area contributed by atoms with Gasteiger partial charge in [0.25, 0.3) is 0 Å². The minimum absolute atomic E-state index is 0.00321. The van der Waals surface area contributed by atoms with Crippen LogP contribution in [-0.4, -0.2) is 28.8 Å². The standard InChI is InChI=1S/C11H20N4O/c1-9(3-6-12)11(16)13-7-4-10-5-8-14-15(10)2/h5,8-9H,3-4,6-7,12H2,1-2H3,(H,13,16). The van der Waals surface area contributed by atoms with Gasteiger partial charge in [0.2, 0.25) is 5.91 Å². The molecule has 16 heavy (non-hydrogen) atoms. The van der Waals surface area contributed by atoms with Crippen molar-refractivity contribution < 1.29 is 4.79 Å². The topological polar surface area (TPSA) is 72.9 Å². The summed E-state index contributed by atoms with van der Waals surface area (Å²) in [7, 11) is 1.90. The maximum atomic E-state index is 11.6. The van der Waals surface area contributed by atoms with Crippen molar-refractivity contribution in [3.05, 3.63) is 18.0 Å². The maximum absolute atomic E-state index is 11.6. The van der Waals surface area contributed by atoms with Gasteiger partial charge >= 0.3 is 0 Å². The molecule has 1 atom stereocenters. The molecule has 1 aromatic rings. The molecule has 5 nitrogen and oxygen atoms in total. The first-order valence-electron chi connectivity index (χ1n) is 5.59. The molecular formula is C11H20N4O. The first-order valence-corrected chi connectivity index (χ1v) is 5.59. The highest BCUT2D eigenvalue weighted by Gasteiger charge is 2.10. The number of nitrogens with zero attached hydrogens (tertiary/aromatic N) is 2. The van der Waals surface area contributed by atoms with Gasteiger partial charge in [0.05, 0.1) is 0 Å². The zero-order valence-corrected chi connectivity index (χ0v) is 9.94. The summed E-state index contributed by atoms with van der Waals surface area (Å²) in [4.78, 5) is 11.6. The van der Waals surface area contributed by atoms with Gasteiger partial charge in [-0.1, -0.05) is 6.92 Å². The van der Waals surface area contributed by atoms with Crippen LogP contribution in [0.25, 0.3) is 0 Å². The van der Waals surface area contributed by atoms with E-state index in [1.165, 1.54) is 0 Å². The summed E-state index contributed by atoms with van der Waals surface area (Å²) in [6.07, 6.45) is 3.29. The molecule has 0 saturated heterocycles. The number of aryl methyl sites for hydroxylation is 1. The van der Waals surface area contributed by atoms with Gasteiger partial charge in [0, 0.05) is 37.8 Å². The maximum Gasteiger partial charge on any atom is 0.222 e. The highest BCUT2D eigenvalue weighted by molar-refractivity contribution is 5.78. The van der Waals surface area contributed by atoms with Crippen LogP contribution in [0.5, 0.6) is 0 Å². The van der Waals surface area contributed by atoms with Crippen LogP contribution in [0.4, 0.5) is 0 Å². The second kappa shape index (κ2) is 6.27. The predicted molar refractivity (Wildman–Crippen MR) is 62.8 cm³/mol. The van der Waals surface area contributed by atoms with E-state index < -0.39 is 0 Å². The van der Waals surface area contributed by atoms with Crippen molar-refractivity contribution in [2.75, 3.05) is 13.1 Å². The SMILES string of the molecule is CC(CCN)C(=O)NCCc1ccnn1C. The van der Waals surface area contributed by atoms with E-state index in [2.05, 4.69) is 10.4 Å². The molecule has 1 unspecified atom stereocenters. The molecule has 90 valence electrons. The molecule has 0 aliphatic rings. The van der Waals surface area contributed by atoms with Crippen molar-refractivity contribution in [3.63, 3.8) is 0 Å². The van der Waals surface area contributed by atoms with E-state index in [0.717, 1.165) is 18.5 Å². The largest absolute Gasteiger partial charge is 0.355 e. The van der Waals surface area contributed by atoms with Crippen LogP contribution in [0, 0.1) is 5.92 Å². The fourth-order valence-electron chi connectivity index (χ4n) is 1.52. The quantitative estimate of drug-likeness (QED) is 0.718. The van der Waals surface area contributed by atoms with Crippen LogP contribution in [0.3, 0.4) is 0 Å². The number of aromatic nitrogens is 2. The molecule has 0 saturated carbocycles. The monoisotopic (exact) mass is 224 g/mol. The number of nitrogens with two attached hydrogens (primary N) is 1. The third-order valence-corrected chi connectivity index (χ3v) is 2.65. The van der Waals surface area contributed by atoms with Gasteiger partial charge in [-0.05, 0) is 19.0 Å². The second-order valence-electron chi connectivity index (χ2n) is 3.97. The molecule has 0 fully saturated rings. The lowest BCUT2D eigenvalue weighted by Gasteiger charge is -2.10. The van der Waals surface area contributed by atoms with E-state index in [1.807, 2.05) is 24.7 Å². The summed E-state index contributed by atoms with van der Waals surface area (Å²) >= 11 is 0. The number of carbonyl (C=O) groups excluding carboxylic acids is 1. The number of hydrogen-bond acceptors (Lipinski definition) is 3. The van der Waals surface area contributed by atoms with E-state index >= 15 is 0 Å². The lowest BCUT2D eigenvalue weighted by molar-refractivity contribution is -0.124. The van der Waals surface area contributed by atoms with Crippen LogP contribution in [-0.2, 0) is 18.3 Å². The molecule has 0 aromatic carbocycles. The van der Waals surface area contributed by atoms with Crippen molar-refractivity contribution in [2.45, 2.75) is 19.8 Å². The Balaban J connectivity index is 2.25. The van der Waals surface area contributed by atoms with E-state index in [9.17, 15) is 4.79 Å². The van der Waals surface area contributed by atoms with Crippen LogP contribution >= 0.6 is 0 Å². The summed E-state index contributed by atoms with van der Waals surface area (Å²) in [5.74, 6) is 0.0733. The van der Waals surface area contributed by atoms with Gasteiger partial charge in [0.1, 0.15) is 0 Å². The van der Waals surface area contributed by atoms with Crippen LogP contribution < -0.4 is 11.1 Å². The Morgan fingerprint density at radius 1 is 1.69 bits per heavy atom. The Labute approximate surface area is 96.0 Å². The highest BCUT2D eigenvalue weighted by atomic mass is 16.1. The molecule has 3 N–H and O–H groups in total. The predicted octanol–water partition coefficient (Wildman–Crippen LogP) is 0.0637. The van der Waals surface area contributed by atoms with Crippen molar-refractivity contribution in [3.8, 4) is 0 Å². The number of carbonyl (C=O) groups is 1. The van der Waals surface area contributed by atoms with Gasteiger partial charge in [-0.2, -0.15) is 5.10 Å². The number of rotatable bonds is 6. The van der Waals surface area contributed by atoms with E-state index in [4.69, 9.17) is 5.73 Å². The van der Waals surface area contributed by atoms with Crippen molar-refractivity contribution in [1.29, 1.82) is 0 Å². The molecule has 1 rings (SSSR count). The van der Waals surface area contributed by atoms with Gasteiger partial charge in [0.15, 0.2) is 0 Å². The fraction of sp³-hybridized carbons (Fsp3) is 0.636. The normalized spacial score (nSPS) is 12.4. The Bertz CT molecular complexity index is 334. The molecule has 1 amide bonds. The Morgan fingerprint density at radius 3 is 3.00 bits per heavy atom. The van der Waals surface area contributed by atoms with E-state index in [0.29, 0.717) is 13.1 Å². The summed E-state index contributed by atoms with van der Waals surface area (Å²) in [6.45, 7) is 3.09. The summed E-state index contributed by atoms with van der Waals surface area (Å²) in [6, 6.07) is 1.95. The summed E-state index contributed by atoms with van der Waals surface area (Å²) < 4.78 is 1.81. The van der Waals surface area contributed by atoms with Gasteiger partial charge in [-0.25, -0.2) is 0 Å². The van der Waals surface area contributed by atoms with E-state index in [-0.39, 0.29) is 11.8 Å². The third-order valence-electron chi connectivity index (χ3n) is 2.65. The second-order valence-corrected chi connectivity index (χ2v) is 3.97. The Morgan fingerprint density at radius 2 is 2.44 bits per heavy atom. The third kappa shape index (κ3) is 3.66. The summed E-state index contributed by atoms with van der Waals surface area (Å²) in [5.41, 5.74) is 6.52. The highest BCUT2D eigenvalue weighted by Crippen LogP contribution is 2.00. The van der Waals surface area contributed by atoms with Crippen molar-refractivity contribution in [1.82, 2.24) is 15.1 Å². The molecule has 1 aromatic heterocycles. The van der Waals surface area contributed by atoms with Crippen molar-refractivity contribution >= 4 is 5.91 Å². The minimum Gasteiger partial charge on any atom is -0.355 e. The average molecular weight is 224 g/mol. The molecule has 0 bridgehead atoms. The smallest absolute Gasteiger partial charge is 0.222 e. The minimum atomic E-state index is -0.00321. The molecule has 0 radical (unpaired) electrons. The number of hydrogen-bond donors (Lipinski definition) is 2. The molecule has 1 heterocycles. The Hall–Kier alpha value is -1.36. The molecular weight excluding hydrogens is 204 g/mol. The molecule has 0 aliphatic heterocycles. The molecule has 0 spiro atoms. The molecule has 0 aliphatic carbocycles. The Kier molecular flexibility index (Phi) is 4.98. The zero-order valence-electron chi connectivity index (χ0n) is 9.94. The number of amides is 1. The van der Waals surface area contributed by atoms with Crippen LogP contribution in [0.15, 0.2) is 12.3 Å². The van der Waals surface area contributed by atoms with Crippen LogP contribution in [0.1, 0.15) is 19.0 Å². The first-order chi connectivity index (χ1) is 7.65. The van der Waals surface area contributed by atoms with Crippen molar-refractivity contribution in [2.24, 2.45) is 18.7 Å². The number of nitrogens with one attached hydrogen (secondary N) is 1.